The number of ether oxygens (including phenoxy) is 1. The first-order valence-corrected chi connectivity index (χ1v) is 14.8. The Hall–Kier alpha value is -3.46. The van der Waals surface area contributed by atoms with Crippen LogP contribution >= 0.6 is 23.2 Å². The van der Waals surface area contributed by atoms with Crippen molar-refractivity contribution in [2.75, 3.05) is 25.5 Å². The number of nitrogens with zero attached hydrogens (tertiary/aromatic N) is 2. The summed E-state index contributed by atoms with van der Waals surface area (Å²) in [5.74, 6) is -1.91. The summed E-state index contributed by atoms with van der Waals surface area (Å²) in [7, 11) is 1.30. The van der Waals surface area contributed by atoms with Crippen LogP contribution < -0.4 is 5.32 Å². The molecule has 1 N–H and O–H groups in total. The van der Waals surface area contributed by atoms with Gasteiger partial charge in [-0.3, -0.25) is 14.5 Å². The molecule has 3 heterocycles. The molecule has 2 saturated heterocycles. The van der Waals surface area contributed by atoms with Gasteiger partial charge in [0, 0.05) is 46.9 Å². The van der Waals surface area contributed by atoms with Crippen LogP contribution in [0.4, 0.5) is 10.1 Å². The molecule has 0 radical (unpaired) electrons. The minimum atomic E-state index is -1.27. The Morgan fingerprint density at radius 2 is 1.79 bits per heavy atom. The molecule has 10 heteroatoms. The van der Waals surface area contributed by atoms with Gasteiger partial charge in [-0.25, -0.2) is 9.18 Å². The monoisotopic (exact) mass is 607 g/mol. The van der Waals surface area contributed by atoms with Crippen LogP contribution in [0.25, 0.3) is 0 Å². The molecule has 3 aromatic rings. The van der Waals surface area contributed by atoms with E-state index in [9.17, 15) is 14.4 Å². The summed E-state index contributed by atoms with van der Waals surface area (Å²) >= 11 is 12.7. The van der Waals surface area contributed by atoms with E-state index in [4.69, 9.17) is 27.9 Å². The predicted molar refractivity (Wildman–Crippen MR) is 156 cm³/mol. The zero-order chi connectivity index (χ0) is 29.3. The number of rotatable bonds is 5. The molecular formula is C32H28Cl2FN3O4. The number of methoxy groups -OCH3 is 1. The summed E-state index contributed by atoms with van der Waals surface area (Å²) in [6, 6.07) is 15.8. The van der Waals surface area contributed by atoms with Crippen LogP contribution in [0.1, 0.15) is 57.0 Å². The number of likely N-dealkylation sites (tertiary alicyclic amines) is 2. The van der Waals surface area contributed by atoms with Crippen molar-refractivity contribution in [1.29, 1.82) is 0 Å². The lowest BCUT2D eigenvalue weighted by Crippen LogP contribution is -2.53. The molecule has 0 bridgehead atoms. The van der Waals surface area contributed by atoms with Crippen LogP contribution in [0, 0.1) is 11.7 Å². The molecule has 1 aliphatic carbocycles. The van der Waals surface area contributed by atoms with E-state index in [1.54, 1.807) is 53.4 Å². The van der Waals surface area contributed by atoms with E-state index in [1.165, 1.54) is 13.2 Å². The van der Waals surface area contributed by atoms with E-state index < -0.39 is 29.3 Å². The molecule has 7 nitrogen and oxygen atoms in total. The highest BCUT2D eigenvalue weighted by atomic mass is 35.5. The maximum absolute atomic E-state index is 16.1. The van der Waals surface area contributed by atoms with Gasteiger partial charge in [-0.05, 0) is 73.2 Å². The summed E-state index contributed by atoms with van der Waals surface area (Å²) in [6.45, 7) is 1.10. The van der Waals surface area contributed by atoms with Gasteiger partial charge in [0.2, 0.25) is 5.91 Å². The largest absolute Gasteiger partial charge is 0.465 e. The van der Waals surface area contributed by atoms with Crippen molar-refractivity contribution in [3.8, 4) is 0 Å². The van der Waals surface area contributed by atoms with Crippen molar-refractivity contribution in [2.45, 2.75) is 42.8 Å². The first kappa shape index (κ1) is 27.4. The van der Waals surface area contributed by atoms with Gasteiger partial charge in [0.1, 0.15) is 11.4 Å². The third kappa shape index (κ3) is 3.99. The number of carbonyl (C=O) groups is 3. The molecule has 3 aliphatic heterocycles. The minimum absolute atomic E-state index is 0.0381. The molecule has 1 saturated carbocycles. The number of nitrogens with one attached hydrogen (secondary N) is 1. The van der Waals surface area contributed by atoms with Gasteiger partial charge in [-0.15, -0.1) is 0 Å². The molecule has 4 unspecified atom stereocenters. The van der Waals surface area contributed by atoms with Gasteiger partial charge in [-0.2, -0.15) is 0 Å². The molecule has 4 atom stereocenters. The van der Waals surface area contributed by atoms with Gasteiger partial charge in [0.05, 0.1) is 23.7 Å². The second kappa shape index (κ2) is 10.1. The van der Waals surface area contributed by atoms with E-state index in [2.05, 4.69) is 10.2 Å². The zero-order valence-corrected chi connectivity index (χ0v) is 24.3. The highest BCUT2D eigenvalue weighted by molar-refractivity contribution is 6.31. The van der Waals surface area contributed by atoms with Gasteiger partial charge >= 0.3 is 5.97 Å². The smallest absolute Gasteiger partial charge is 0.337 e. The third-order valence-electron chi connectivity index (χ3n) is 9.33. The minimum Gasteiger partial charge on any atom is -0.465 e. The van der Waals surface area contributed by atoms with Gasteiger partial charge in [0.15, 0.2) is 0 Å². The molecule has 1 spiro atoms. The van der Waals surface area contributed by atoms with Gasteiger partial charge < -0.3 is 15.0 Å². The van der Waals surface area contributed by atoms with Crippen molar-refractivity contribution in [3.63, 3.8) is 0 Å². The second-order valence-electron chi connectivity index (χ2n) is 11.5. The number of fused-ring (bicyclic) bond motifs is 3. The van der Waals surface area contributed by atoms with Crippen molar-refractivity contribution >= 4 is 46.7 Å². The van der Waals surface area contributed by atoms with E-state index >= 15 is 4.39 Å². The van der Waals surface area contributed by atoms with E-state index in [-0.39, 0.29) is 22.9 Å². The summed E-state index contributed by atoms with van der Waals surface area (Å²) < 4.78 is 20.9. The molecule has 3 aromatic carbocycles. The third-order valence-corrected chi connectivity index (χ3v) is 9.86. The Kier molecular flexibility index (Phi) is 6.57. The normalized spacial score (nSPS) is 26.3. The van der Waals surface area contributed by atoms with E-state index in [0.29, 0.717) is 52.8 Å². The highest BCUT2D eigenvalue weighted by Crippen LogP contribution is 2.61. The average Bonchev–Trinajstić information content (AvgIpc) is 3.55. The maximum Gasteiger partial charge on any atom is 0.337 e. The molecular weight excluding hydrogens is 580 g/mol. The van der Waals surface area contributed by atoms with Crippen molar-refractivity contribution in [1.82, 2.24) is 9.80 Å². The standard InChI is InChI=1S/C32H28Cl2FN3O4/c1-42-30(40)19-9-7-18(8-10-19)29(39)37-14-13-25-28(37)26(21-3-2-4-23(34)27(21)35)32(38(25)16-17-5-6-17)22-12-11-20(33)15-24(22)36-31(32)41/h2-4,7-12,15,17,25-26,28H,5-6,13-14,16H2,1H3,(H,36,41). The number of amides is 2. The molecule has 2 amide bonds. The van der Waals surface area contributed by atoms with Crippen LogP contribution in [0.15, 0.2) is 60.7 Å². The SMILES string of the molecule is COC(=O)c1ccc(C(=O)N2CCC3C2C(c2cccc(Cl)c2F)C2(C(=O)Nc4cc(Cl)ccc42)N3CC2CC2)cc1. The fraction of sp³-hybridized carbons (Fsp3) is 0.344. The Labute approximate surface area is 252 Å². The number of carbonyl (C=O) groups excluding carboxylic acids is 3. The van der Waals surface area contributed by atoms with Crippen LogP contribution in [0.5, 0.6) is 0 Å². The highest BCUT2D eigenvalue weighted by Gasteiger charge is 2.70. The number of hydrogen-bond donors (Lipinski definition) is 1. The number of benzene rings is 3. The Morgan fingerprint density at radius 3 is 2.50 bits per heavy atom. The maximum atomic E-state index is 16.1. The first-order chi connectivity index (χ1) is 20.2. The molecule has 4 aliphatic rings. The summed E-state index contributed by atoms with van der Waals surface area (Å²) in [5, 5.41) is 3.49. The van der Waals surface area contributed by atoms with E-state index in [1.807, 2.05) is 6.07 Å². The van der Waals surface area contributed by atoms with Crippen LogP contribution in [-0.2, 0) is 15.1 Å². The fourth-order valence-corrected chi connectivity index (χ4v) is 7.77. The van der Waals surface area contributed by atoms with Crippen molar-refractivity contribution in [2.24, 2.45) is 5.92 Å². The van der Waals surface area contributed by atoms with Gasteiger partial charge in [-0.1, -0.05) is 41.4 Å². The summed E-state index contributed by atoms with van der Waals surface area (Å²) in [5.41, 5.74) is 1.08. The molecule has 3 fully saturated rings. The quantitative estimate of drug-likeness (QED) is 0.368. The Balaban J connectivity index is 1.40. The lowest BCUT2D eigenvalue weighted by molar-refractivity contribution is -0.128. The number of hydrogen-bond acceptors (Lipinski definition) is 5. The van der Waals surface area contributed by atoms with E-state index in [0.717, 1.165) is 18.4 Å². The van der Waals surface area contributed by atoms with Crippen molar-refractivity contribution in [3.05, 3.63) is 98.8 Å². The topological polar surface area (TPSA) is 79.0 Å². The second-order valence-corrected chi connectivity index (χ2v) is 12.4. The van der Waals surface area contributed by atoms with Crippen LogP contribution in [0.2, 0.25) is 10.0 Å². The van der Waals surface area contributed by atoms with Crippen LogP contribution in [0.3, 0.4) is 0 Å². The number of anilines is 1. The molecule has 7 rings (SSSR count). The van der Waals surface area contributed by atoms with Crippen molar-refractivity contribution < 1.29 is 23.5 Å². The predicted octanol–water partition coefficient (Wildman–Crippen LogP) is 5.86. The average molecular weight is 608 g/mol. The summed E-state index contributed by atoms with van der Waals surface area (Å²) in [4.78, 5) is 44.5. The Bertz CT molecular complexity index is 1630. The number of halogens is 3. The lowest BCUT2D eigenvalue weighted by atomic mass is 9.73. The zero-order valence-electron chi connectivity index (χ0n) is 22.8. The fourth-order valence-electron chi connectivity index (χ4n) is 7.41. The Morgan fingerprint density at radius 1 is 1.05 bits per heavy atom. The molecule has 216 valence electrons. The molecule has 0 aromatic heterocycles. The van der Waals surface area contributed by atoms with Gasteiger partial charge in [0.25, 0.3) is 5.91 Å². The lowest BCUT2D eigenvalue weighted by Gasteiger charge is -2.41. The summed E-state index contributed by atoms with van der Waals surface area (Å²) in [6.07, 6.45) is 2.74. The van der Waals surface area contributed by atoms with Crippen LogP contribution in [-0.4, -0.2) is 59.9 Å². The number of esters is 1. The first-order valence-electron chi connectivity index (χ1n) is 14.1. The molecule has 42 heavy (non-hydrogen) atoms.